The summed E-state index contributed by atoms with van der Waals surface area (Å²) in [5, 5.41) is 0.716. The molecule has 0 spiro atoms. The average Bonchev–Trinajstić information content (AvgIpc) is 2.50. The van der Waals surface area contributed by atoms with Gasteiger partial charge in [-0.2, -0.15) is 0 Å². The van der Waals surface area contributed by atoms with Gasteiger partial charge in [0.05, 0.1) is 0 Å². The molecule has 1 fully saturated rings. The Bertz CT molecular complexity index is 380. The first kappa shape index (κ1) is 12.7. The molecule has 1 aromatic rings. The lowest BCUT2D eigenvalue weighted by Crippen LogP contribution is -2.38. The zero-order chi connectivity index (χ0) is 12.3. The predicted molar refractivity (Wildman–Crippen MR) is 71.7 cm³/mol. The predicted octanol–water partition coefficient (Wildman–Crippen LogP) is 3.69. The average molecular weight is 254 g/mol. The van der Waals surface area contributed by atoms with Crippen LogP contribution in [-0.4, -0.2) is 12.1 Å². The summed E-state index contributed by atoms with van der Waals surface area (Å²) in [4.78, 5) is 0. The lowest BCUT2D eigenvalue weighted by Gasteiger charge is -2.24. The van der Waals surface area contributed by atoms with Crippen LogP contribution < -0.4 is 10.5 Å². The fourth-order valence-electron chi connectivity index (χ4n) is 2.31. The number of hydrogen-bond acceptors (Lipinski definition) is 2. The summed E-state index contributed by atoms with van der Waals surface area (Å²) in [5.74, 6) is 0.875. The molecule has 1 aliphatic rings. The van der Waals surface area contributed by atoms with Gasteiger partial charge in [0.25, 0.3) is 0 Å². The van der Waals surface area contributed by atoms with E-state index in [1.807, 2.05) is 25.1 Å². The van der Waals surface area contributed by atoms with Crippen molar-refractivity contribution in [2.45, 2.75) is 51.2 Å². The first-order chi connectivity index (χ1) is 8.16. The molecule has 2 nitrogen and oxygen atoms in total. The summed E-state index contributed by atoms with van der Waals surface area (Å²) in [7, 11) is 0. The smallest absolute Gasteiger partial charge is 0.124 e. The molecule has 0 saturated heterocycles. The molecule has 0 aromatic heterocycles. The molecule has 0 heterocycles. The first-order valence-corrected chi connectivity index (χ1v) is 6.73. The van der Waals surface area contributed by atoms with Gasteiger partial charge in [-0.3, -0.25) is 0 Å². The van der Waals surface area contributed by atoms with Crippen molar-refractivity contribution in [1.29, 1.82) is 0 Å². The number of aryl methyl sites for hydroxylation is 1. The van der Waals surface area contributed by atoms with Crippen molar-refractivity contribution in [1.82, 2.24) is 0 Å². The molecule has 2 rings (SSSR count). The second-order valence-electron chi connectivity index (χ2n) is 4.87. The zero-order valence-electron chi connectivity index (χ0n) is 10.3. The number of ether oxygens (including phenoxy) is 1. The fourth-order valence-corrected chi connectivity index (χ4v) is 2.47. The third-order valence-electron chi connectivity index (χ3n) is 3.43. The minimum Gasteiger partial charge on any atom is -0.488 e. The molecule has 1 saturated carbocycles. The van der Waals surface area contributed by atoms with E-state index in [1.165, 1.54) is 19.3 Å². The molecule has 0 amide bonds. The van der Waals surface area contributed by atoms with Crippen LogP contribution in [0.3, 0.4) is 0 Å². The quantitative estimate of drug-likeness (QED) is 0.816. The Kier molecular flexibility index (Phi) is 4.30. The summed E-state index contributed by atoms with van der Waals surface area (Å²) < 4.78 is 6.05. The standard InChI is InChI=1S/C14H20ClNO/c1-10-7-8-11(15)9-14(10)17-13-6-4-2-3-5-12(13)16/h7-9,12-13H,2-6,16H2,1H3. The maximum atomic E-state index is 6.16. The van der Waals surface area contributed by atoms with Crippen LogP contribution in [0.1, 0.15) is 37.7 Å². The molecular weight excluding hydrogens is 234 g/mol. The van der Waals surface area contributed by atoms with Crippen molar-refractivity contribution >= 4 is 11.6 Å². The van der Waals surface area contributed by atoms with Crippen LogP contribution in [0, 0.1) is 6.92 Å². The Morgan fingerprint density at radius 3 is 2.82 bits per heavy atom. The van der Waals surface area contributed by atoms with Crippen molar-refractivity contribution in [3.63, 3.8) is 0 Å². The Balaban J connectivity index is 2.10. The van der Waals surface area contributed by atoms with Crippen molar-refractivity contribution in [3.8, 4) is 5.75 Å². The van der Waals surface area contributed by atoms with E-state index < -0.39 is 0 Å². The number of rotatable bonds is 2. The summed E-state index contributed by atoms with van der Waals surface area (Å²) in [6, 6.07) is 5.90. The van der Waals surface area contributed by atoms with E-state index in [9.17, 15) is 0 Å². The molecule has 2 atom stereocenters. The Morgan fingerprint density at radius 2 is 2.00 bits per heavy atom. The van der Waals surface area contributed by atoms with E-state index in [4.69, 9.17) is 22.1 Å². The van der Waals surface area contributed by atoms with E-state index in [0.29, 0.717) is 5.02 Å². The second-order valence-corrected chi connectivity index (χ2v) is 5.30. The van der Waals surface area contributed by atoms with Gasteiger partial charge in [0.2, 0.25) is 0 Å². The van der Waals surface area contributed by atoms with Gasteiger partial charge in [-0.25, -0.2) is 0 Å². The minimum absolute atomic E-state index is 0.134. The number of hydrogen-bond donors (Lipinski definition) is 1. The van der Waals surface area contributed by atoms with Crippen LogP contribution in [-0.2, 0) is 0 Å². The minimum atomic E-state index is 0.134. The zero-order valence-corrected chi connectivity index (χ0v) is 11.0. The highest BCUT2D eigenvalue weighted by Gasteiger charge is 2.22. The van der Waals surface area contributed by atoms with Crippen LogP contribution in [0.25, 0.3) is 0 Å². The number of halogens is 1. The molecule has 0 aliphatic heterocycles. The summed E-state index contributed by atoms with van der Waals surface area (Å²) >= 11 is 5.99. The van der Waals surface area contributed by atoms with Crippen LogP contribution >= 0.6 is 11.6 Å². The molecule has 2 unspecified atom stereocenters. The van der Waals surface area contributed by atoms with Crippen molar-refractivity contribution < 1.29 is 4.74 Å². The van der Waals surface area contributed by atoms with Crippen LogP contribution in [0.15, 0.2) is 18.2 Å². The van der Waals surface area contributed by atoms with E-state index in [2.05, 4.69) is 0 Å². The van der Waals surface area contributed by atoms with E-state index >= 15 is 0 Å². The van der Waals surface area contributed by atoms with Gasteiger partial charge in [-0.1, -0.05) is 30.5 Å². The Hall–Kier alpha value is -0.730. The molecule has 2 N–H and O–H groups in total. The summed E-state index contributed by atoms with van der Waals surface area (Å²) in [5.41, 5.74) is 7.27. The maximum absolute atomic E-state index is 6.16. The van der Waals surface area contributed by atoms with Crippen molar-refractivity contribution in [2.24, 2.45) is 5.73 Å². The molecule has 3 heteroatoms. The highest BCUT2D eigenvalue weighted by atomic mass is 35.5. The fraction of sp³-hybridized carbons (Fsp3) is 0.571. The van der Waals surface area contributed by atoms with Crippen LogP contribution in [0.4, 0.5) is 0 Å². The largest absolute Gasteiger partial charge is 0.488 e. The highest BCUT2D eigenvalue weighted by Crippen LogP contribution is 2.27. The molecule has 94 valence electrons. The summed E-state index contributed by atoms with van der Waals surface area (Å²) in [6.45, 7) is 2.04. The Morgan fingerprint density at radius 1 is 1.24 bits per heavy atom. The third-order valence-corrected chi connectivity index (χ3v) is 3.67. The first-order valence-electron chi connectivity index (χ1n) is 6.35. The maximum Gasteiger partial charge on any atom is 0.124 e. The van der Waals surface area contributed by atoms with Gasteiger partial charge in [-0.15, -0.1) is 0 Å². The molecule has 0 radical (unpaired) electrons. The van der Waals surface area contributed by atoms with Gasteiger partial charge in [0.15, 0.2) is 0 Å². The lowest BCUT2D eigenvalue weighted by molar-refractivity contribution is 0.162. The normalized spacial score (nSPS) is 25.4. The highest BCUT2D eigenvalue weighted by molar-refractivity contribution is 6.30. The van der Waals surface area contributed by atoms with Gasteiger partial charge < -0.3 is 10.5 Å². The van der Waals surface area contributed by atoms with Crippen molar-refractivity contribution in [3.05, 3.63) is 28.8 Å². The number of benzene rings is 1. The lowest BCUT2D eigenvalue weighted by atomic mass is 10.1. The van der Waals surface area contributed by atoms with Gasteiger partial charge >= 0.3 is 0 Å². The Labute approximate surface area is 108 Å². The third kappa shape index (κ3) is 3.36. The van der Waals surface area contributed by atoms with Gasteiger partial charge in [-0.05, 0) is 43.9 Å². The van der Waals surface area contributed by atoms with Crippen LogP contribution in [0.2, 0.25) is 5.02 Å². The molecule has 17 heavy (non-hydrogen) atoms. The summed E-state index contributed by atoms with van der Waals surface area (Å²) in [6.07, 6.45) is 5.93. The SMILES string of the molecule is Cc1ccc(Cl)cc1OC1CCCCCC1N. The van der Waals surface area contributed by atoms with Crippen molar-refractivity contribution in [2.75, 3.05) is 0 Å². The molecule has 1 aliphatic carbocycles. The molecule has 0 bridgehead atoms. The van der Waals surface area contributed by atoms with Gasteiger partial charge in [0.1, 0.15) is 11.9 Å². The van der Waals surface area contributed by atoms with E-state index in [-0.39, 0.29) is 12.1 Å². The van der Waals surface area contributed by atoms with E-state index in [1.54, 1.807) is 0 Å². The molecular formula is C14H20ClNO. The van der Waals surface area contributed by atoms with Crippen LogP contribution in [0.5, 0.6) is 5.75 Å². The monoisotopic (exact) mass is 253 g/mol. The second kappa shape index (κ2) is 5.74. The van der Waals surface area contributed by atoms with Gasteiger partial charge in [0, 0.05) is 11.1 Å². The van der Waals surface area contributed by atoms with E-state index in [0.717, 1.165) is 24.2 Å². The molecule has 1 aromatic carbocycles. The topological polar surface area (TPSA) is 35.2 Å². The number of nitrogens with two attached hydrogens (primary N) is 1.